The minimum absolute atomic E-state index is 0.0779. The highest BCUT2D eigenvalue weighted by Gasteiger charge is 2.31. The third-order valence-electron chi connectivity index (χ3n) is 3.29. The zero-order chi connectivity index (χ0) is 15.3. The van der Waals surface area contributed by atoms with Crippen molar-refractivity contribution in [3.63, 3.8) is 0 Å². The van der Waals surface area contributed by atoms with E-state index in [9.17, 15) is 4.79 Å². The Balaban J connectivity index is 2.16. The van der Waals surface area contributed by atoms with Crippen LogP contribution >= 0.6 is 11.3 Å². The molecule has 4 nitrogen and oxygen atoms in total. The van der Waals surface area contributed by atoms with Gasteiger partial charge in [0.1, 0.15) is 5.76 Å². The van der Waals surface area contributed by atoms with E-state index in [0.29, 0.717) is 13.1 Å². The van der Waals surface area contributed by atoms with Crippen LogP contribution in [0.1, 0.15) is 31.4 Å². The Hall–Kier alpha value is -1.59. The number of carbonyl (C=O) groups excluding carboxylic acids is 1. The topological polar surface area (TPSA) is 45.5 Å². The molecular formula is C16H22N2O2S. The van der Waals surface area contributed by atoms with Crippen molar-refractivity contribution in [1.29, 1.82) is 0 Å². The number of rotatable bonds is 7. The first-order chi connectivity index (χ1) is 10.0. The first kappa shape index (κ1) is 15.8. The second-order valence-corrected chi connectivity index (χ2v) is 6.51. The number of furan rings is 1. The maximum Gasteiger partial charge on any atom is 0.243 e. The van der Waals surface area contributed by atoms with Crippen molar-refractivity contribution in [3.05, 3.63) is 46.5 Å². The molecule has 0 unspecified atom stereocenters. The Kier molecular flexibility index (Phi) is 5.20. The summed E-state index contributed by atoms with van der Waals surface area (Å²) in [4.78, 5) is 15.8. The van der Waals surface area contributed by atoms with Gasteiger partial charge < -0.3 is 14.6 Å². The Morgan fingerprint density at radius 3 is 2.71 bits per heavy atom. The van der Waals surface area contributed by atoms with E-state index in [1.54, 1.807) is 17.6 Å². The van der Waals surface area contributed by atoms with Gasteiger partial charge in [0.25, 0.3) is 0 Å². The van der Waals surface area contributed by atoms with Gasteiger partial charge in [0.15, 0.2) is 0 Å². The zero-order valence-corrected chi connectivity index (χ0v) is 13.6. The van der Waals surface area contributed by atoms with Crippen LogP contribution in [0, 0.1) is 0 Å². The number of thiophene rings is 1. The molecule has 2 heterocycles. The maximum absolute atomic E-state index is 12.8. The lowest BCUT2D eigenvalue weighted by Gasteiger charge is -2.32. The van der Waals surface area contributed by atoms with Gasteiger partial charge in [-0.2, -0.15) is 0 Å². The number of carbonyl (C=O) groups is 1. The van der Waals surface area contributed by atoms with Crippen molar-refractivity contribution in [2.24, 2.45) is 0 Å². The molecule has 2 aromatic rings. The summed E-state index contributed by atoms with van der Waals surface area (Å²) < 4.78 is 5.40. The van der Waals surface area contributed by atoms with Crippen molar-refractivity contribution in [3.8, 4) is 0 Å². The molecule has 1 N–H and O–H groups in total. The van der Waals surface area contributed by atoms with E-state index >= 15 is 0 Å². The highest BCUT2D eigenvalue weighted by Crippen LogP contribution is 2.18. The normalized spacial score (nSPS) is 11.6. The minimum Gasteiger partial charge on any atom is -0.467 e. The molecule has 21 heavy (non-hydrogen) atoms. The minimum atomic E-state index is -0.585. The molecule has 0 saturated carbocycles. The fourth-order valence-corrected chi connectivity index (χ4v) is 3.01. The quantitative estimate of drug-likeness (QED) is 0.854. The fourth-order valence-electron chi connectivity index (χ4n) is 2.29. The van der Waals surface area contributed by atoms with Crippen LogP contribution in [0.2, 0.25) is 0 Å². The van der Waals surface area contributed by atoms with Crippen LogP contribution in [-0.2, 0) is 17.9 Å². The third-order valence-corrected chi connectivity index (χ3v) is 4.16. The van der Waals surface area contributed by atoms with Gasteiger partial charge in [0, 0.05) is 4.88 Å². The first-order valence-electron chi connectivity index (χ1n) is 7.12. The van der Waals surface area contributed by atoms with Gasteiger partial charge in [0.05, 0.1) is 24.9 Å². The lowest BCUT2D eigenvalue weighted by molar-refractivity contribution is -0.138. The van der Waals surface area contributed by atoms with E-state index in [1.807, 2.05) is 55.3 Å². The lowest BCUT2D eigenvalue weighted by Crippen LogP contribution is -2.53. The second-order valence-electron chi connectivity index (χ2n) is 5.48. The average Bonchev–Trinajstić information content (AvgIpc) is 3.10. The van der Waals surface area contributed by atoms with Crippen LogP contribution in [0.25, 0.3) is 0 Å². The highest BCUT2D eigenvalue weighted by atomic mass is 32.1. The molecule has 0 aliphatic heterocycles. The molecule has 0 saturated heterocycles. The van der Waals surface area contributed by atoms with E-state index in [-0.39, 0.29) is 5.91 Å². The van der Waals surface area contributed by atoms with Crippen molar-refractivity contribution in [1.82, 2.24) is 10.2 Å². The van der Waals surface area contributed by atoms with Gasteiger partial charge in [-0.05, 0) is 44.0 Å². The Morgan fingerprint density at radius 1 is 1.33 bits per heavy atom. The monoisotopic (exact) mass is 306 g/mol. The Morgan fingerprint density at radius 2 is 2.14 bits per heavy atom. The van der Waals surface area contributed by atoms with E-state index < -0.39 is 5.54 Å². The van der Waals surface area contributed by atoms with E-state index in [2.05, 4.69) is 5.32 Å². The molecule has 2 aromatic heterocycles. The number of nitrogens with one attached hydrogen (secondary N) is 1. The molecule has 114 valence electrons. The number of hydrogen-bond acceptors (Lipinski definition) is 4. The summed E-state index contributed by atoms with van der Waals surface area (Å²) in [6.07, 6.45) is 1.64. The number of hydrogen-bond donors (Lipinski definition) is 1. The predicted octanol–water partition coefficient (Wildman–Crippen LogP) is 3.26. The molecule has 0 spiro atoms. The number of likely N-dealkylation sites (N-methyl/N-ethyl adjacent to an activating group) is 1. The van der Waals surface area contributed by atoms with Crippen molar-refractivity contribution in [2.45, 2.75) is 39.4 Å². The van der Waals surface area contributed by atoms with Gasteiger partial charge in [-0.25, -0.2) is 0 Å². The highest BCUT2D eigenvalue weighted by molar-refractivity contribution is 7.09. The second kappa shape index (κ2) is 6.91. The summed E-state index contributed by atoms with van der Waals surface area (Å²) in [5, 5.41) is 5.27. The van der Waals surface area contributed by atoms with Crippen molar-refractivity contribution < 1.29 is 9.21 Å². The summed E-state index contributed by atoms with van der Waals surface area (Å²) >= 11 is 1.66. The summed E-state index contributed by atoms with van der Waals surface area (Å²) in [6, 6.07) is 7.80. The SMILES string of the molecule is CCNC(C)(C)C(=O)N(Cc1ccco1)Cc1cccs1. The molecule has 2 rings (SSSR count). The predicted molar refractivity (Wildman–Crippen MR) is 85.0 cm³/mol. The maximum atomic E-state index is 12.8. The van der Waals surface area contributed by atoms with Crippen LogP contribution < -0.4 is 5.32 Å². The van der Waals surface area contributed by atoms with E-state index in [1.165, 1.54) is 4.88 Å². The molecule has 0 bridgehead atoms. The van der Waals surface area contributed by atoms with E-state index in [0.717, 1.165) is 12.3 Å². The zero-order valence-electron chi connectivity index (χ0n) is 12.8. The summed E-state index contributed by atoms with van der Waals surface area (Å²) in [5.74, 6) is 0.876. The van der Waals surface area contributed by atoms with Gasteiger partial charge in [0.2, 0.25) is 5.91 Å². The van der Waals surface area contributed by atoms with Gasteiger partial charge in [-0.1, -0.05) is 13.0 Å². The van der Waals surface area contributed by atoms with Crippen molar-refractivity contribution >= 4 is 17.2 Å². The Bertz CT molecular complexity index is 511. The molecule has 0 atom stereocenters. The smallest absolute Gasteiger partial charge is 0.243 e. The molecular weight excluding hydrogens is 284 g/mol. The first-order valence-corrected chi connectivity index (χ1v) is 8.00. The molecule has 0 radical (unpaired) electrons. The standard InChI is InChI=1S/C16H22N2O2S/c1-4-17-16(2,3)15(19)18(11-13-7-5-9-20-13)12-14-8-6-10-21-14/h5-10,17H,4,11-12H2,1-3H3. The van der Waals surface area contributed by atoms with Gasteiger partial charge in [-0.15, -0.1) is 11.3 Å². The average molecular weight is 306 g/mol. The summed E-state index contributed by atoms with van der Waals surface area (Å²) in [6.45, 7) is 7.69. The fraction of sp³-hybridized carbons (Fsp3) is 0.438. The molecule has 5 heteroatoms. The van der Waals surface area contributed by atoms with E-state index in [4.69, 9.17) is 4.42 Å². The Labute approximate surface area is 129 Å². The van der Waals surface area contributed by atoms with Gasteiger partial charge in [-0.3, -0.25) is 4.79 Å². The molecule has 0 aromatic carbocycles. The van der Waals surface area contributed by atoms with Crippen LogP contribution in [0.3, 0.4) is 0 Å². The van der Waals surface area contributed by atoms with Crippen LogP contribution in [0.5, 0.6) is 0 Å². The molecule has 0 fully saturated rings. The third kappa shape index (κ3) is 4.19. The van der Waals surface area contributed by atoms with Gasteiger partial charge >= 0.3 is 0 Å². The largest absolute Gasteiger partial charge is 0.467 e. The summed E-state index contributed by atoms with van der Waals surface area (Å²) in [5.41, 5.74) is -0.585. The summed E-state index contributed by atoms with van der Waals surface area (Å²) in [7, 11) is 0. The molecule has 1 amide bonds. The van der Waals surface area contributed by atoms with Crippen LogP contribution in [0.15, 0.2) is 40.3 Å². The molecule has 0 aliphatic rings. The lowest BCUT2D eigenvalue weighted by atomic mass is 10.0. The van der Waals surface area contributed by atoms with Crippen molar-refractivity contribution in [2.75, 3.05) is 6.54 Å². The number of amides is 1. The molecule has 0 aliphatic carbocycles. The number of nitrogens with zero attached hydrogens (tertiary/aromatic N) is 1. The van der Waals surface area contributed by atoms with Crippen LogP contribution in [0.4, 0.5) is 0 Å². The van der Waals surface area contributed by atoms with Crippen LogP contribution in [-0.4, -0.2) is 22.9 Å².